The fourth-order valence-corrected chi connectivity index (χ4v) is 2.96. The van der Waals surface area contributed by atoms with Crippen LogP contribution in [-0.2, 0) is 6.42 Å². The average molecular weight is 272 g/mol. The number of halogens is 1. The Labute approximate surface area is 119 Å². The minimum absolute atomic E-state index is 0.411. The van der Waals surface area contributed by atoms with Crippen LogP contribution in [0.5, 0.6) is 0 Å². The van der Waals surface area contributed by atoms with Crippen molar-refractivity contribution in [3.05, 3.63) is 63.7 Å². The van der Waals surface area contributed by atoms with Crippen molar-refractivity contribution in [2.24, 2.45) is 0 Å². The predicted octanol–water partition coefficient (Wildman–Crippen LogP) is 5.06. The number of rotatable bonds is 2. The van der Waals surface area contributed by atoms with Crippen LogP contribution in [0.15, 0.2) is 36.4 Å². The molecule has 98 valence electrons. The van der Waals surface area contributed by atoms with Crippen LogP contribution in [0, 0.1) is 13.8 Å². The molecule has 3 rings (SSSR count). The number of hydrogen-bond donors (Lipinski definition) is 1. The van der Waals surface area contributed by atoms with Crippen LogP contribution in [0.2, 0.25) is 5.02 Å². The minimum atomic E-state index is 0.411. The second-order valence-electron chi connectivity index (χ2n) is 5.38. The van der Waals surface area contributed by atoms with Crippen molar-refractivity contribution in [1.82, 2.24) is 0 Å². The molecule has 19 heavy (non-hydrogen) atoms. The van der Waals surface area contributed by atoms with E-state index in [1.165, 1.54) is 27.9 Å². The Kier molecular flexibility index (Phi) is 3.24. The first kappa shape index (κ1) is 12.6. The van der Waals surface area contributed by atoms with Gasteiger partial charge in [-0.15, -0.1) is 0 Å². The first-order valence-electron chi connectivity index (χ1n) is 6.75. The SMILES string of the molecule is Cc1ccc(NC2CCc3cc(Cl)ccc32)cc1C. The molecule has 1 unspecified atom stereocenters. The van der Waals surface area contributed by atoms with E-state index in [4.69, 9.17) is 11.6 Å². The molecule has 0 saturated carbocycles. The van der Waals surface area contributed by atoms with E-state index in [1.54, 1.807) is 0 Å². The Morgan fingerprint density at radius 1 is 1.05 bits per heavy atom. The lowest BCUT2D eigenvalue weighted by Crippen LogP contribution is -2.07. The van der Waals surface area contributed by atoms with Crippen LogP contribution in [-0.4, -0.2) is 0 Å². The van der Waals surface area contributed by atoms with Crippen LogP contribution in [0.1, 0.15) is 34.7 Å². The highest BCUT2D eigenvalue weighted by molar-refractivity contribution is 6.30. The zero-order valence-corrected chi connectivity index (χ0v) is 12.1. The first-order valence-corrected chi connectivity index (χ1v) is 7.13. The summed E-state index contributed by atoms with van der Waals surface area (Å²) in [6, 6.07) is 13.2. The summed E-state index contributed by atoms with van der Waals surface area (Å²) in [6.45, 7) is 4.30. The molecule has 0 aromatic heterocycles. The summed E-state index contributed by atoms with van der Waals surface area (Å²) in [5.74, 6) is 0. The van der Waals surface area contributed by atoms with Crippen LogP contribution < -0.4 is 5.32 Å². The highest BCUT2D eigenvalue weighted by Crippen LogP contribution is 2.35. The van der Waals surface area contributed by atoms with E-state index in [-0.39, 0.29) is 0 Å². The number of nitrogens with one attached hydrogen (secondary N) is 1. The van der Waals surface area contributed by atoms with Gasteiger partial charge in [0.05, 0.1) is 6.04 Å². The highest BCUT2D eigenvalue weighted by Gasteiger charge is 2.22. The maximum absolute atomic E-state index is 6.05. The number of aryl methyl sites for hydroxylation is 3. The molecule has 0 fully saturated rings. The highest BCUT2D eigenvalue weighted by atomic mass is 35.5. The monoisotopic (exact) mass is 271 g/mol. The van der Waals surface area contributed by atoms with Gasteiger partial charge in [-0.2, -0.15) is 0 Å². The molecule has 1 nitrogen and oxygen atoms in total. The Bertz CT molecular complexity index is 619. The van der Waals surface area contributed by atoms with Crippen molar-refractivity contribution in [3.63, 3.8) is 0 Å². The summed E-state index contributed by atoms with van der Waals surface area (Å²) in [5, 5.41) is 4.48. The zero-order valence-electron chi connectivity index (χ0n) is 11.3. The van der Waals surface area contributed by atoms with E-state index >= 15 is 0 Å². The van der Waals surface area contributed by atoms with Crippen molar-refractivity contribution < 1.29 is 0 Å². The number of anilines is 1. The normalized spacial score (nSPS) is 17.3. The third-order valence-electron chi connectivity index (χ3n) is 4.03. The molecule has 2 aromatic rings. The van der Waals surface area contributed by atoms with Gasteiger partial charge in [0.1, 0.15) is 0 Å². The summed E-state index contributed by atoms with van der Waals surface area (Å²) in [7, 11) is 0. The molecule has 0 aliphatic heterocycles. The van der Waals surface area contributed by atoms with E-state index in [1.807, 2.05) is 6.07 Å². The molecule has 0 heterocycles. The molecular formula is C17H18ClN. The predicted molar refractivity (Wildman–Crippen MR) is 82.1 cm³/mol. The van der Waals surface area contributed by atoms with Crippen LogP contribution in [0.25, 0.3) is 0 Å². The van der Waals surface area contributed by atoms with Gasteiger partial charge in [-0.1, -0.05) is 23.7 Å². The molecule has 0 saturated heterocycles. The van der Waals surface area contributed by atoms with E-state index in [0.717, 1.165) is 17.9 Å². The van der Waals surface area contributed by atoms with Gasteiger partial charge >= 0.3 is 0 Å². The topological polar surface area (TPSA) is 12.0 Å². The van der Waals surface area contributed by atoms with Gasteiger partial charge in [0, 0.05) is 10.7 Å². The van der Waals surface area contributed by atoms with Crippen LogP contribution in [0.3, 0.4) is 0 Å². The Hall–Kier alpha value is -1.47. The minimum Gasteiger partial charge on any atom is -0.378 e. The number of fused-ring (bicyclic) bond motifs is 1. The van der Waals surface area contributed by atoms with Gasteiger partial charge in [-0.25, -0.2) is 0 Å². The summed E-state index contributed by atoms with van der Waals surface area (Å²) in [6.07, 6.45) is 2.25. The molecule has 1 N–H and O–H groups in total. The molecule has 1 atom stereocenters. The van der Waals surface area contributed by atoms with Gasteiger partial charge in [-0.05, 0) is 73.2 Å². The largest absolute Gasteiger partial charge is 0.378 e. The molecule has 0 spiro atoms. The maximum Gasteiger partial charge on any atom is 0.0519 e. The molecule has 1 aliphatic rings. The summed E-state index contributed by atoms with van der Waals surface area (Å²) < 4.78 is 0. The Morgan fingerprint density at radius 3 is 2.68 bits per heavy atom. The lowest BCUT2D eigenvalue weighted by molar-refractivity contribution is 0.762. The second kappa shape index (κ2) is 4.90. The fourth-order valence-electron chi connectivity index (χ4n) is 2.77. The smallest absolute Gasteiger partial charge is 0.0519 e. The Balaban J connectivity index is 1.84. The van der Waals surface area contributed by atoms with Crippen LogP contribution >= 0.6 is 11.6 Å². The van der Waals surface area contributed by atoms with Gasteiger partial charge in [0.25, 0.3) is 0 Å². The quantitative estimate of drug-likeness (QED) is 0.805. The lowest BCUT2D eigenvalue weighted by Gasteiger charge is -2.16. The number of hydrogen-bond acceptors (Lipinski definition) is 1. The summed E-state index contributed by atoms with van der Waals surface area (Å²) in [4.78, 5) is 0. The fraction of sp³-hybridized carbons (Fsp3) is 0.294. The third-order valence-corrected chi connectivity index (χ3v) is 4.27. The van der Waals surface area contributed by atoms with E-state index in [0.29, 0.717) is 6.04 Å². The third kappa shape index (κ3) is 2.48. The summed E-state index contributed by atoms with van der Waals surface area (Å²) in [5.41, 5.74) is 6.65. The molecule has 1 aliphatic carbocycles. The van der Waals surface area contributed by atoms with Crippen molar-refractivity contribution in [2.75, 3.05) is 5.32 Å². The molecule has 0 radical (unpaired) electrons. The molecule has 0 amide bonds. The van der Waals surface area contributed by atoms with Crippen molar-refractivity contribution in [1.29, 1.82) is 0 Å². The molecular weight excluding hydrogens is 254 g/mol. The second-order valence-corrected chi connectivity index (χ2v) is 5.81. The first-order chi connectivity index (χ1) is 9.13. The maximum atomic E-state index is 6.05. The summed E-state index contributed by atoms with van der Waals surface area (Å²) >= 11 is 6.05. The number of benzene rings is 2. The van der Waals surface area contributed by atoms with E-state index in [9.17, 15) is 0 Å². The van der Waals surface area contributed by atoms with Gasteiger partial charge in [-0.3, -0.25) is 0 Å². The zero-order chi connectivity index (χ0) is 13.4. The van der Waals surface area contributed by atoms with Crippen molar-refractivity contribution in [2.45, 2.75) is 32.7 Å². The molecule has 2 aromatic carbocycles. The van der Waals surface area contributed by atoms with Gasteiger partial charge in [0.2, 0.25) is 0 Å². The van der Waals surface area contributed by atoms with E-state index in [2.05, 4.69) is 49.5 Å². The standard InChI is InChI=1S/C17H18ClN/c1-11-3-6-15(9-12(11)2)19-17-8-4-13-10-14(18)5-7-16(13)17/h3,5-7,9-10,17,19H,4,8H2,1-2H3. The average Bonchev–Trinajstić information content (AvgIpc) is 2.76. The molecule has 0 bridgehead atoms. The van der Waals surface area contributed by atoms with Gasteiger partial charge < -0.3 is 5.32 Å². The Morgan fingerprint density at radius 2 is 1.89 bits per heavy atom. The van der Waals surface area contributed by atoms with Crippen LogP contribution in [0.4, 0.5) is 5.69 Å². The van der Waals surface area contributed by atoms with Crippen molar-refractivity contribution in [3.8, 4) is 0 Å². The lowest BCUT2D eigenvalue weighted by atomic mass is 10.1. The van der Waals surface area contributed by atoms with E-state index < -0.39 is 0 Å². The van der Waals surface area contributed by atoms with Crippen molar-refractivity contribution >= 4 is 17.3 Å². The van der Waals surface area contributed by atoms with Gasteiger partial charge in [0.15, 0.2) is 0 Å². The molecule has 2 heteroatoms.